The molecule has 7 nitrogen and oxygen atoms in total. The van der Waals surface area contributed by atoms with Crippen molar-refractivity contribution >= 4 is 11.9 Å². The maximum atomic E-state index is 13.1. The van der Waals surface area contributed by atoms with E-state index in [0.29, 0.717) is 18.4 Å². The number of rotatable bonds is 5. The summed E-state index contributed by atoms with van der Waals surface area (Å²) >= 11 is 0. The minimum atomic E-state index is -0.596. The van der Waals surface area contributed by atoms with Crippen molar-refractivity contribution in [2.45, 2.75) is 50.5 Å². The van der Waals surface area contributed by atoms with Crippen LogP contribution in [0.25, 0.3) is 11.1 Å². The molecule has 7 heteroatoms. The van der Waals surface area contributed by atoms with E-state index in [0.717, 1.165) is 55.7 Å². The van der Waals surface area contributed by atoms with E-state index >= 15 is 0 Å². The molecule has 1 aromatic heterocycles. The van der Waals surface area contributed by atoms with Crippen LogP contribution in [0, 0.1) is 5.92 Å². The van der Waals surface area contributed by atoms with Crippen LogP contribution in [0.3, 0.4) is 0 Å². The maximum Gasteiger partial charge on any atom is 0.339 e. The monoisotopic (exact) mass is 448 g/mol. The summed E-state index contributed by atoms with van der Waals surface area (Å²) in [6.07, 6.45) is 11.7. The highest BCUT2D eigenvalue weighted by Crippen LogP contribution is 2.49. The molecule has 1 aromatic carbocycles. The van der Waals surface area contributed by atoms with Crippen LogP contribution in [0.4, 0.5) is 0 Å². The zero-order chi connectivity index (χ0) is 22.8. The van der Waals surface area contributed by atoms with Gasteiger partial charge < -0.3 is 14.5 Å². The third kappa shape index (κ3) is 4.38. The van der Waals surface area contributed by atoms with Crippen molar-refractivity contribution in [1.29, 1.82) is 0 Å². The van der Waals surface area contributed by atoms with Crippen molar-refractivity contribution in [1.82, 2.24) is 19.8 Å². The average Bonchev–Trinajstić information content (AvgIpc) is 3.14. The molecular formula is C26H32N4O3. The molecule has 2 aromatic rings. The number of nitrogens with zero attached hydrogens (tertiary/aromatic N) is 4. The molecule has 0 unspecified atom stereocenters. The molecule has 1 amide bonds. The van der Waals surface area contributed by atoms with Gasteiger partial charge in [0.25, 0.3) is 0 Å². The number of hydrogen-bond acceptors (Lipinski definition) is 6. The molecule has 1 saturated carbocycles. The molecule has 5 rings (SSSR count). The number of hydrogen-bond donors (Lipinski definition) is 0. The summed E-state index contributed by atoms with van der Waals surface area (Å²) in [4.78, 5) is 38.3. The van der Waals surface area contributed by atoms with E-state index < -0.39 is 5.60 Å². The van der Waals surface area contributed by atoms with Crippen LogP contribution in [0.5, 0.6) is 0 Å². The van der Waals surface area contributed by atoms with Gasteiger partial charge in [-0.1, -0.05) is 18.6 Å². The molecule has 2 aliphatic heterocycles. The first-order valence-electron chi connectivity index (χ1n) is 12.2. The van der Waals surface area contributed by atoms with Gasteiger partial charge in [-0.2, -0.15) is 0 Å². The van der Waals surface area contributed by atoms with E-state index in [1.54, 1.807) is 12.4 Å². The Labute approximate surface area is 195 Å². The Morgan fingerprint density at radius 1 is 1.12 bits per heavy atom. The molecule has 3 aliphatic rings. The van der Waals surface area contributed by atoms with Gasteiger partial charge in [-0.3, -0.25) is 4.79 Å². The molecule has 1 aliphatic carbocycles. The van der Waals surface area contributed by atoms with Crippen LogP contribution in [0.1, 0.15) is 60.9 Å². The average molecular weight is 449 g/mol. The second-order valence-electron chi connectivity index (χ2n) is 9.71. The summed E-state index contributed by atoms with van der Waals surface area (Å²) in [5, 5.41) is 0. The maximum absolute atomic E-state index is 13.1. The van der Waals surface area contributed by atoms with E-state index in [-0.39, 0.29) is 17.8 Å². The van der Waals surface area contributed by atoms with Gasteiger partial charge in [-0.15, -0.1) is 0 Å². The zero-order valence-electron chi connectivity index (χ0n) is 19.3. The second-order valence-corrected chi connectivity index (χ2v) is 9.71. The SMILES string of the molecule is CN(CCN1CCCCC1)C(=O)[C@H]1CC[C@@]2(CC1)OC(=O)c1cc(-c3cncnc3)ccc12. The number of ether oxygens (including phenoxy) is 1. The highest BCUT2D eigenvalue weighted by atomic mass is 16.6. The third-order valence-electron chi connectivity index (χ3n) is 7.63. The van der Waals surface area contributed by atoms with Crippen LogP contribution in [-0.4, -0.2) is 64.9 Å². The molecule has 2 fully saturated rings. The van der Waals surface area contributed by atoms with Gasteiger partial charge in [0.2, 0.25) is 5.91 Å². The highest BCUT2D eigenvalue weighted by Gasteiger charge is 2.48. The van der Waals surface area contributed by atoms with Gasteiger partial charge in [0.15, 0.2) is 0 Å². The molecule has 3 heterocycles. The van der Waals surface area contributed by atoms with Crippen LogP contribution in [0.2, 0.25) is 0 Å². The molecule has 0 radical (unpaired) electrons. The minimum Gasteiger partial charge on any atom is -0.451 e. The van der Waals surface area contributed by atoms with Gasteiger partial charge in [-0.05, 0) is 63.2 Å². The predicted octanol–water partition coefficient (Wildman–Crippen LogP) is 3.64. The molecule has 33 heavy (non-hydrogen) atoms. The van der Waals surface area contributed by atoms with Crippen LogP contribution < -0.4 is 0 Å². The topological polar surface area (TPSA) is 75.6 Å². The normalized spacial score (nSPS) is 25.0. The molecule has 174 valence electrons. The molecular weight excluding hydrogens is 416 g/mol. The van der Waals surface area contributed by atoms with Crippen molar-refractivity contribution in [2.75, 3.05) is 33.2 Å². The lowest BCUT2D eigenvalue weighted by Gasteiger charge is -2.37. The Balaban J connectivity index is 1.22. The Kier molecular flexibility index (Phi) is 6.15. The van der Waals surface area contributed by atoms with Gasteiger partial charge >= 0.3 is 5.97 Å². The lowest BCUT2D eigenvalue weighted by Crippen LogP contribution is -2.43. The third-order valence-corrected chi connectivity index (χ3v) is 7.63. The number of carbonyl (C=O) groups excluding carboxylic acids is 2. The Bertz CT molecular complexity index is 1010. The summed E-state index contributed by atoms with van der Waals surface area (Å²) in [7, 11) is 1.93. The van der Waals surface area contributed by atoms with Crippen molar-refractivity contribution in [3.05, 3.63) is 48.0 Å². The molecule has 0 bridgehead atoms. The highest BCUT2D eigenvalue weighted by molar-refractivity contribution is 5.96. The Hall–Kier alpha value is -2.80. The fourth-order valence-electron chi connectivity index (χ4n) is 5.62. The van der Waals surface area contributed by atoms with Crippen LogP contribution in [-0.2, 0) is 15.1 Å². The van der Waals surface area contributed by atoms with E-state index in [9.17, 15) is 9.59 Å². The van der Waals surface area contributed by atoms with Gasteiger partial charge in [-0.25, -0.2) is 14.8 Å². The Morgan fingerprint density at radius 3 is 2.58 bits per heavy atom. The van der Waals surface area contributed by atoms with E-state index in [4.69, 9.17) is 4.74 Å². The number of benzene rings is 1. The van der Waals surface area contributed by atoms with E-state index in [1.807, 2.05) is 30.1 Å². The quantitative estimate of drug-likeness (QED) is 0.650. The number of carbonyl (C=O) groups is 2. The second kappa shape index (κ2) is 9.21. The predicted molar refractivity (Wildman–Crippen MR) is 124 cm³/mol. The largest absolute Gasteiger partial charge is 0.451 e. The molecule has 0 N–H and O–H groups in total. The summed E-state index contributed by atoms with van der Waals surface area (Å²) in [5.74, 6) is -0.0385. The lowest BCUT2D eigenvalue weighted by molar-refractivity contribution is -0.137. The summed E-state index contributed by atoms with van der Waals surface area (Å²) in [6, 6.07) is 5.90. The first-order valence-corrected chi connectivity index (χ1v) is 12.2. The first kappa shape index (κ1) is 22.0. The molecule has 1 saturated heterocycles. The standard InChI is InChI=1S/C26H32N4O3/c1-29(13-14-30-11-3-2-4-12-30)24(31)19-7-9-26(10-8-19)23-6-5-20(15-22(23)25(32)33-26)21-16-27-18-28-17-21/h5-6,15-19H,2-4,7-14H2,1H3/t19-,26-. The summed E-state index contributed by atoms with van der Waals surface area (Å²) in [6.45, 7) is 4.04. The fourth-order valence-corrected chi connectivity index (χ4v) is 5.62. The fraction of sp³-hybridized carbons (Fsp3) is 0.538. The number of likely N-dealkylation sites (N-methyl/N-ethyl adjacent to an activating group) is 1. The molecule has 0 atom stereocenters. The van der Waals surface area contributed by atoms with Crippen LogP contribution >= 0.6 is 0 Å². The lowest BCUT2D eigenvalue weighted by atomic mass is 9.74. The first-order chi connectivity index (χ1) is 16.1. The molecule has 1 spiro atoms. The number of fused-ring (bicyclic) bond motifs is 2. The number of esters is 1. The van der Waals surface area contributed by atoms with Crippen molar-refractivity contribution in [3.8, 4) is 11.1 Å². The number of amides is 1. The number of likely N-dealkylation sites (tertiary alicyclic amines) is 1. The van der Waals surface area contributed by atoms with Gasteiger partial charge in [0.05, 0.1) is 5.56 Å². The number of piperidine rings is 1. The Morgan fingerprint density at radius 2 is 1.85 bits per heavy atom. The van der Waals surface area contributed by atoms with Crippen molar-refractivity contribution < 1.29 is 14.3 Å². The summed E-state index contributed by atoms with van der Waals surface area (Å²) in [5.41, 5.74) is 2.76. The van der Waals surface area contributed by atoms with E-state index in [2.05, 4.69) is 14.9 Å². The smallest absolute Gasteiger partial charge is 0.339 e. The van der Waals surface area contributed by atoms with Gasteiger partial charge in [0.1, 0.15) is 11.9 Å². The minimum absolute atomic E-state index is 0.00507. The van der Waals surface area contributed by atoms with Gasteiger partial charge in [0, 0.05) is 49.6 Å². The van der Waals surface area contributed by atoms with Crippen molar-refractivity contribution in [3.63, 3.8) is 0 Å². The summed E-state index contributed by atoms with van der Waals surface area (Å²) < 4.78 is 5.96. The number of aromatic nitrogens is 2. The van der Waals surface area contributed by atoms with E-state index in [1.165, 1.54) is 25.6 Å². The van der Waals surface area contributed by atoms with Crippen LogP contribution in [0.15, 0.2) is 36.9 Å². The van der Waals surface area contributed by atoms with Crippen molar-refractivity contribution in [2.24, 2.45) is 5.92 Å². The zero-order valence-corrected chi connectivity index (χ0v) is 19.3.